The van der Waals surface area contributed by atoms with Crippen molar-refractivity contribution >= 4 is 5.78 Å². The minimum Gasteiger partial charge on any atom is -0.295 e. The summed E-state index contributed by atoms with van der Waals surface area (Å²) in [5.41, 5.74) is 3.19. The molecule has 4 rings (SSSR count). The molecule has 0 amide bonds. The standard InChI is InChI=1S/C24H31NO/c1-6-24(14-25)16(3)15(2)21-19-8-7-17-13-18(26)9-11-22(17,4)20(19)10-12-23(21,24)5/h13,19-21H,2-3,6-12H2,1,4-5H3/t19-,20-,21+,22+,23+,24?/m1/s1. The minimum atomic E-state index is -0.459. The molecule has 0 N–H and O–H groups in total. The molecule has 0 aromatic rings. The Bertz CT molecular complexity index is 783. The quantitative estimate of drug-likeness (QED) is 0.603. The maximum absolute atomic E-state index is 12.0. The highest BCUT2D eigenvalue weighted by Gasteiger charge is 2.66. The van der Waals surface area contributed by atoms with Gasteiger partial charge in [0.05, 0.1) is 11.5 Å². The molecule has 0 spiro atoms. The molecule has 0 aromatic carbocycles. The van der Waals surface area contributed by atoms with E-state index in [2.05, 4.69) is 40.0 Å². The third-order valence-electron chi connectivity index (χ3n) is 9.11. The van der Waals surface area contributed by atoms with Crippen molar-refractivity contribution in [2.45, 2.75) is 65.7 Å². The Labute approximate surface area is 158 Å². The minimum absolute atomic E-state index is 0.0477. The zero-order valence-corrected chi connectivity index (χ0v) is 16.5. The lowest BCUT2D eigenvalue weighted by Gasteiger charge is -2.58. The van der Waals surface area contributed by atoms with Gasteiger partial charge in [-0.1, -0.05) is 39.5 Å². The molecule has 26 heavy (non-hydrogen) atoms. The van der Waals surface area contributed by atoms with Crippen LogP contribution in [-0.4, -0.2) is 5.78 Å². The molecule has 3 saturated carbocycles. The van der Waals surface area contributed by atoms with E-state index in [1.807, 2.05) is 6.08 Å². The lowest BCUT2D eigenvalue weighted by atomic mass is 9.45. The summed E-state index contributed by atoms with van der Waals surface area (Å²) in [6.45, 7) is 15.7. The van der Waals surface area contributed by atoms with Crippen molar-refractivity contribution in [1.29, 1.82) is 5.26 Å². The van der Waals surface area contributed by atoms with Crippen molar-refractivity contribution in [3.8, 4) is 6.07 Å². The van der Waals surface area contributed by atoms with Crippen LogP contribution < -0.4 is 0 Å². The Morgan fingerprint density at radius 3 is 2.62 bits per heavy atom. The average molecular weight is 350 g/mol. The maximum Gasteiger partial charge on any atom is 0.155 e. The highest BCUT2D eigenvalue weighted by atomic mass is 16.1. The van der Waals surface area contributed by atoms with Gasteiger partial charge in [0.25, 0.3) is 0 Å². The van der Waals surface area contributed by atoms with E-state index in [4.69, 9.17) is 0 Å². The number of nitrogens with zero attached hydrogens (tertiary/aromatic N) is 1. The number of hydrogen-bond acceptors (Lipinski definition) is 2. The SMILES string of the molecule is C=C1C(=C)C(C#N)(CC)[C@@]2(C)CC[C@@H]3[C@@H](CCC4=CC(=O)CC[C@@]43C)[C@H]12. The lowest BCUT2D eigenvalue weighted by Crippen LogP contribution is -2.52. The van der Waals surface area contributed by atoms with Crippen LogP contribution in [0.5, 0.6) is 0 Å². The topological polar surface area (TPSA) is 40.9 Å². The fraction of sp³-hybridized carbons (Fsp3) is 0.667. The van der Waals surface area contributed by atoms with Crippen LogP contribution in [0.15, 0.2) is 36.0 Å². The van der Waals surface area contributed by atoms with Crippen LogP contribution in [0.2, 0.25) is 0 Å². The maximum atomic E-state index is 12.0. The van der Waals surface area contributed by atoms with E-state index < -0.39 is 5.41 Å². The van der Waals surface area contributed by atoms with Crippen LogP contribution in [0.1, 0.15) is 65.7 Å². The molecule has 0 heterocycles. The van der Waals surface area contributed by atoms with Gasteiger partial charge in [-0.3, -0.25) is 4.79 Å². The number of allylic oxidation sites excluding steroid dienone is 3. The predicted octanol–water partition coefficient (Wildman–Crippen LogP) is 5.77. The Kier molecular flexibility index (Phi) is 3.72. The number of carbonyl (C=O) groups is 1. The molecule has 0 bridgehead atoms. The van der Waals surface area contributed by atoms with Gasteiger partial charge in [0.1, 0.15) is 0 Å². The molecular formula is C24H31NO. The van der Waals surface area contributed by atoms with E-state index in [0.29, 0.717) is 30.0 Å². The molecule has 0 aromatic heterocycles. The van der Waals surface area contributed by atoms with Gasteiger partial charge in [-0.05, 0) is 84.3 Å². The molecular weight excluding hydrogens is 318 g/mol. The predicted molar refractivity (Wildman–Crippen MR) is 104 cm³/mol. The Morgan fingerprint density at radius 2 is 1.96 bits per heavy atom. The molecule has 3 fully saturated rings. The first-order chi connectivity index (χ1) is 12.2. The first-order valence-corrected chi connectivity index (χ1v) is 10.3. The number of carbonyl (C=O) groups excluding carboxylic acids is 1. The van der Waals surface area contributed by atoms with Crippen molar-refractivity contribution in [3.63, 3.8) is 0 Å². The molecule has 6 atom stereocenters. The first-order valence-electron chi connectivity index (χ1n) is 10.3. The summed E-state index contributed by atoms with van der Waals surface area (Å²) in [6.07, 6.45) is 8.84. The van der Waals surface area contributed by atoms with Crippen molar-refractivity contribution in [2.24, 2.45) is 34.0 Å². The number of fused-ring (bicyclic) bond motifs is 5. The van der Waals surface area contributed by atoms with E-state index in [1.165, 1.54) is 5.57 Å². The summed E-state index contributed by atoms with van der Waals surface area (Å²) < 4.78 is 0. The fourth-order valence-corrected chi connectivity index (χ4v) is 7.59. The number of hydrogen-bond donors (Lipinski definition) is 0. The molecule has 0 aliphatic heterocycles. The molecule has 0 saturated heterocycles. The second-order valence-corrected chi connectivity index (χ2v) is 9.67. The third kappa shape index (κ3) is 1.85. The summed E-state index contributed by atoms with van der Waals surface area (Å²) in [5, 5.41) is 10.2. The first kappa shape index (κ1) is 17.8. The van der Waals surface area contributed by atoms with Crippen molar-refractivity contribution in [3.05, 3.63) is 36.0 Å². The van der Waals surface area contributed by atoms with Gasteiger partial charge in [0, 0.05) is 6.42 Å². The van der Waals surface area contributed by atoms with Crippen LogP contribution in [0.25, 0.3) is 0 Å². The van der Waals surface area contributed by atoms with Crippen LogP contribution in [-0.2, 0) is 4.79 Å². The zero-order valence-electron chi connectivity index (χ0n) is 16.5. The van der Waals surface area contributed by atoms with Gasteiger partial charge < -0.3 is 0 Å². The fourth-order valence-electron chi connectivity index (χ4n) is 7.59. The highest BCUT2D eigenvalue weighted by molar-refractivity contribution is 5.91. The van der Waals surface area contributed by atoms with Gasteiger partial charge in [0.2, 0.25) is 0 Å². The van der Waals surface area contributed by atoms with E-state index >= 15 is 0 Å². The monoisotopic (exact) mass is 349 g/mol. The third-order valence-corrected chi connectivity index (χ3v) is 9.11. The van der Waals surface area contributed by atoms with Gasteiger partial charge in [-0.15, -0.1) is 0 Å². The van der Waals surface area contributed by atoms with E-state index in [9.17, 15) is 10.1 Å². The number of rotatable bonds is 1. The van der Waals surface area contributed by atoms with Crippen molar-refractivity contribution in [1.82, 2.24) is 0 Å². The normalized spacial score (nSPS) is 47.5. The summed E-state index contributed by atoms with van der Waals surface area (Å²) in [4.78, 5) is 12.0. The van der Waals surface area contributed by atoms with Gasteiger partial charge in [-0.25, -0.2) is 0 Å². The average Bonchev–Trinajstić information content (AvgIpc) is 2.79. The van der Waals surface area contributed by atoms with E-state index in [-0.39, 0.29) is 10.8 Å². The Morgan fingerprint density at radius 1 is 1.23 bits per heavy atom. The van der Waals surface area contributed by atoms with E-state index in [1.54, 1.807) is 0 Å². The van der Waals surface area contributed by atoms with Gasteiger partial charge in [0.15, 0.2) is 5.78 Å². The van der Waals surface area contributed by atoms with Crippen molar-refractivity contribution in [2.75, 3.05) is 0 Å². The van der Waals surface area contributed by atoms with Crippen molar-refractivity contribution < 1.29 is 4.79 Å². The van der Waals surface area contributed by atoms with E-state index in [0.717, 1.165) is 49.7 Å². The lowest BCUT2D eigenvalue weighted by molar-refractivity contribution is -0.117. The molecule has 4 aliphatic rings. The molecule has 2 heteroatoms. The molecule has 1 unspecified atom stereocenters. The second kappa shape index (κ2) is 5.44. The van der Waals surface area contributed by atoms with Gasteiger partial charge >= 0.3 is 0 Å². The summed E-state index contributed by atoms with van der Waals surface area (Å²) in [7, 11) is 0. The summed E-state index contributed by atoms with van der Waals surface area (Å²) in [6, 6.07) is 2.70. The second-order valence-electron chi connectivity index (χ2n) is 9.67. The smallest absolute Gasteiger partial charge is 0.155 e. The van der Waals surface area contributed by atoms with Crippen LogP contribution in [0.4, 0.5) is 0 Å². The Hall–Kier alpha value is -1.62. The highest BCUT2D eigenvalue weighted by Crippen LogP contribution is 2.72. The molecule has 0 radical (unpaired) electrons. The number of ketones is 1. The summed E-state index contributed by atoms with van der Waals surface area (Å²) >= 11 is 0. The largest absolute Gasteiger partial charge is 0.295 e. The number of nitriles is 1. The van der Waals surface area contributed by atoms with Crippen LogP contribution in [0, 0.1) is 45.3 Å². The summed E-state index contributed by atoms with van der Waals surface area (Å²) in [5.74, 6) is 1.84. The molecule has 138 valence electrons. The zero-order chi connectivity index (χ0) is 18.9. The molecule has 4 aliphatic carbocycles. The van der Waals surface area contributed by atoms with Crippen LogP contribution in [0.3, 0.4) is 0 Å². The van der Waals surface area contributed by atoms with Crippen LogP contribution >= 0.6 is 0 Å². The Balaban J connectivity index is 1.79. The van der Waals surface area contributed by atoms with Gasteiger partial charge in [-0.2, -0.15) is 5.26 Å². The molecule has 2 nitrogen and oxygen atoms in total.